The molecular weight excluding hydrogens is 342 g/mol. The largest absolute Gasteiger partial charge is 0.489 e. The summed E-state index contributed by atoms with van der Waals surface area (Å²) >= 11 is 11.1. The van der Waals surface area contributed by atoms with E-state index >= 15 is 0 Å². The maximum atomic E-state index is 6.10. The van der Waals surface area contributed by atoms with Crippen LogP contribution in [0, 0.1) is 0 Å². The third-order valence-electron chi connectivity index (χ3n) is 3.02. The number of thiocarbonyl (C=S) groups is 1. The third kappa shape index (κ3) is 6.02. The first kappa shape index (κ1) is 18.0. The van der Waals surface area contributed by atoms with E-state index in [0.29, 0.717) is 23.3 Å². The van der Waals surface area contributed by atoms with Gasteiger partial charge in [-0.25, -0.2) is 0 Å². The van der Waals surface area contributed by atoms with Crippen LogP contribution >= 0.6 is 23.8 Å². The highest BCUT2D eigenvalue weighted by Gasteiger charge is 2.00. The number of hydrazone groups is 1. The summed E-state index contributed by atoms with van der Waals surface area (Å²) in [5, 5.41) is 8.13. The highest BCUT2D eigenvalue weighted by atomic mass is 35.5. The van der Waals surface area contributed by atoms with Crippen LogP contribution in [0.3, 0.4) is 0 Å². The summed E-state index contributed by atoms with van der Waals surface area (Å²) in [7, 11) is 0. The number of hydrogen-bond donors (Lipinski definition) is 2. The number of halogens is 1. The van der Waals surface area contributed by atoms with Gasteiger partial charge in [0.2, 0.25) is 0 Å². The molecule has 6 heteroatoms. The molecule has 4 nitrogen and oxygen atoms in total. The van der Waals surface area contributed by atoms with E-state index in [1.807, 2.05) is 48.5 Å². The van der Waals surface area contributed by atoms with E-state index < -0.39 is 0 Å². The smallest absolute Gasteiger partial charge is 0.187 e. The normalized spacial score (nSPS) is 10.4. The van der Waals surface area contributed by atoms with Crippen LogP contribution in [0.4, 0.5) is 0 Å². The van der Waals surface area contributed by atoms with Crippen molar-refractivity contribution in [3.8, 4) is 5.75 Å². The molecule has 0 bridgehead atoms. The van der Waals surface area contributed by atoms with Gasteiger partial charge in [-0.15, -0.1) is 6.58 Å². The van der Waals surface area contributed by atoms with Crippen LogP contribution in [0.15, 0.2) is 66.3 Å². The number of nitrogens with one attached hydrogen (secondary N) is 2. The molecule has 0 radical (unpaired) electrons. The molecule has 0 aliphatic heterocycles. The van der Waals surface area contributed by atoms with Crippen molar-refractivity contribution < 1.29 is 4.74 Å². The summed E-state index contributed by atoms with van der Waals surface area (Å²) in [5.41, 5.74) is 4.61. The lowest BCUT2D eigenvalue weighted by atomic mass is 10.2. The van der Waals surface area contributed by atoms with Gasteiger partial charge in [-0.05, 0) is 48.1 Å². The van der Waals surface area contributed by atoms with E-state index in [4.69, 9.17) is 28.6 Å². The van der Waals surface area contributed by atoms with Crippen LogP contribution in [-0.4, -0.2) is 17.9 Å². The second-order valence-corrected chi connectivity index (χ2v) is 5.63. The summed E-state index contributed by atoms with van der Waals surface area (Å²) in [5.74, 6) is 0.767. The van der Waals surface area contributed by atoms with Crippen molar-refractivity contribution in [3.05, 3.63) is 77.3 Å². The standard InChI is InChI=1S/C18H18ClN3OS/c1-2-11-20-18(24)22-21-12-14-7-9-16(10-8-14)23-13-15-5-3-4-6-17(15)19/h2-10,12H,1,11,13H2,(H2,20,22,24). The van der Waals surface area contributed by atoms with Gasteiger partial charge in [-0.1, -0.05) is 35.9 Å². The zero-order chi connectivity index (χ0) is 17.2. The summed E-state index contributed by atoms with van der Waals surface area (Å²) in [6, 6.07) is 15.2. The summed E-state index contributed by atoms with van der Waals surface area (Å²) < 4.78 is 5.73. The van der Waals surface area contributed by atoms with Gasteiger partial charge in [0, 0.05) is 17.1 Å². The van der Waals surface area contributed by atoms with Crippen molar-refractivity contribution >= 4 is 35.1 Å². The number of benzene rings is 2. The Labute approximate surface area is 152 Å². The maximum absolute atomic E-state index is 6.10. The quantitative estimate of drug-likeness (QED) is 0.340. The summed E-state index contributed by atoms with van der Waals surface area (Å²) in [4.78, 5) is 0. The van der Waals surface area contributed by atoms with E-state index in [1.54, 1.807) is 12.3 Å². The molecule has 0 heterocycles. The average Bonchev–Trinajstić information content (AvgIpc) is 2.60. The molecule has 2 aromatic carbocycles. The molecular formula is C18H18ClN3OS. The first-order chi connectivity index (χ1) is 11.7. The Bertz CT molecular complexity index is 716. The number of ether oxygens (including phenoxy) is 1. The minimum absolute atomic E-state index is 0.428. The topological polar surface area (TPSA) is 45.7 Å². The Morgan fingerprint density at radius 2 is 1.96 bits per heavy atom. The maximum Gasteiger partial charge on any atom is 0.187 e. The van der Waals surface area contributed by atoms with Gasteiger partial charge in [-0.3, -0.25) is 5.43 Å². The fourth-order valence-corrected chi connectivity index (χ4v) is 2.12. The Morgan fingerprint density at radius 1 is 1.21 bits per heavy atom. The van der Waals surface area contributed by atoms with Crippen LogP contribution in [0.5, 0.6) is 5.75 Å². The second kappa shape index (κ2) is 9.70. The van der Waals surface area contributed by atoms with Crippen molar-refractivity contribution in [2.75, 3.05) is 6.54 Å². The molecule has 2 N–H and O–H groups in total. The number of nitrogens with zero attached hydrogens (tertiary/aromatic N) is 1. The van der Waals surface area contributed by atoms with Gasteiger partial charge in [0.15, 0.2) is 5.11 Å². The van der Waals surface area contributed by atoms with E-state index in [9.17, 15) is 0 Å². The second-order valence-electron chi connectivity index (χ2n) is 4.82. The van der Waals surface area contributed by atoms with E-state index in [0.717, 1.165) is 16.9 Å². The lowest BCUT2D eigenvalue weighted by molar-refractivity contribution is 0.306. The predicted octanol–water partition coefficient (Wildman–Crippen LogP) is 3.90. The highest BCUT2D eigenvalue weighted by molar-refractivity contribution is 7.80. The van der Waals surface area contributed by atoms with Crippen molar-refractivity contribution in [2.45, 2.75) is 6.61 Å². The third-order valence-corrected chi connectivity index (χ3v) is 3.62. The molecule has 0 fully saturated rings. The predicted molar refractivity (Wildman–Crippen MR) is 104 cm³/mol. The van der Waals surface area contributed by atoms with Gasteiger partial charge in [0.25, 0.3) is 0 Å². The fraction of sp³-hybridized carbons (Fsp3) is 0.111. The SMILES string of the molecule is C=CCNC(=S)NN=Cc1ccc(OCc2ccccc2Cl)cc1. The molecule has 0 saturated heterocycles. The molecule has 0 aliphatic rings. The van der Waals surface area contributed by atoms with Crippen LogP contribution < -0.4 is 15.5 Å². The molecule has 124 valence electrons. The van der Waals surface area contributed by atoms with Gasteiger partial charge >= 0.3 is 0 Å². The van der Waals surface area contributed by atoms with Gasteiger partial charge < -0.3 is 10.1 Å². The highest BCUT2D eigenvalue weighted by Crippen LogP contribution is 2.18. The monoisotopic (exact) mass is 359 g/mol. The number of hydrogen-bond acceptors (Lipinski definition) is 3. The van der Waals surface area contributed by atoms with Gasteiger partial charge in [0.05, 0.1) is 6.21 Å². The fourth-order valence-electron chi connectivity index (χ4n) is 1.80. The minimum atomic E-state index is 0.428. The Kier molecular flexibility index (Phi) is 7.26. The van der Waals surface area contributed by atoms with E-state index in [2.05, 4.69) is 22.4 Å². The van der Waals surface area contributed by atoms with Gasteiger partial charge in [0.1, 0.15) is 12.4 Å². The lowest BCUT2D eigenvalue weighted by Gasteiger charge is -2.08. The molecule has 0 aliphatic carbocycles. The molecule has 0 spiro atoms. The van der Waals surface area contributed by atoms with Crippen molar-refractivity contribution in [1.82, 2.24) is 10.7 Å². The minimum Gasteiger partial charge on any atom is -0.489 e. The van der Waals surface area contributed by atoms with Crippen LogP contribution in [-0.2, 0) is 6.61 Å². The van der Waals surface area contributed by atoms with Crippen LogP contribution in [0.2, 0.25) is 5.02 Å². The number of rotatable bonds is 7. The van der Waals surface area contributed by atoms with Crippen LogP contribution in [0.1, 0.15) is 11.1 Å². The molecule has 2 aromatic rings. The first-order valence-electron chi connectivity index (χ1n) is 7.33. The van der Waals surface area contributed by atoms with Crippen molar-refractivity contribution in [3.63, 3.8) is 0 Å². The van der Waals surface area contributed by atoms with Crippen LogP contribution in [0.25, 0.3) is 0 Å². The molecule has 0 amide bonds. The molecule has 0 saturated carbocycles. The van der Waals surface area contributed by atoms with Crippen molar-refractivity contribution in [1.29, 1.82) is 0 Å². The molecule has 2 rings (SSSR count). The summed E-state index contributed by atoms with van der Waals surface area (Å²) in [6.07, 6.45) is 3.40. The Morgan fingerprint density at radius 3 is 2.67 bits per heavy atom. The lowest BCUT2D eigenvalue weighted by Crippen LogP contribution is -2.31. The van der Waals surface area contributed by atoms with E-state index in [-0.39, 0.29) is 0 Å². The zero-order valence-electron chi connectivity index (χ0n) is 13.0. The molecule has 0 aromatic heterocycles. The molecule has 0 atom stereocenters. The Balaban J connectivity index is 1.83. The summed E-state index contributed by atoms with van der Waals surface area (Å²) in [6.45, 7) is 4.62. The molecule has 24 heavy (non-hydrogen) atoms. The Hall–Kier alpha value is -2.37. The molecule has 0 unspecified atom stereocenters. The van der Waals surface area contributed by atoms with Crippen molar-refractivity contribution in [2.24, 2.45) is 5.10 Å². The zero-order valence-corrected chi connectivity index (χ0v) is 14.6. The van der Waals surface area contributed by atoms with E-state index in [1.165, 1.54) is 0 Å². The van der Waals surface area contributed by atoms with Gasteiger partial charge in [-0.2, -0.15) is 5.10 Å². The first-order valence-corrected chi connectivity index (χ1v) is 8.11. The average molecular weight is 360 g/mol.